The number of carbonyl (C=O) groups is 1. The predicted molar refractivity (Wildman–Crippen MR) is 73.6 cm³/mol. The molecule has 0 spiro atoms. The second kappa shape index (κ2) is 4.94. The molecule has 5 heteroatoms. The number of fused-ring (bicyclic) bond motifs is 1. The summed E-state index contributed by atoms with van der Waals surface area (Å²) < 4.78 is 5.36. The van der Waals surface area contributed by atoms with Crippen molar-refractivity contribution in [2.24, 2.45) is 0 Å². The molecule has 1 atom stereocenters. The fraction of sp³-hybridized carbons (Fsp3) is 0.200. The van der Waals surface area contributed by atoms with Crippen LogP contribution in [-0.4, -0.2) is 22.6 Å². The molecule has 5 nitrogen and oxygen atoms in total. The Morgan fingerprint density at radius 3 is 2.70 bits per heavy atom. The summed E-state index contributed by atoms with van der Waals surface area (Å²) in [7, 11) is 0. The first kappa shape index (κ1) is 12.6. The van der Waals surface area contributed by atoms with Crippen LogP contribution in [0.4, 0.5) is 5.69 Å². The van der Waals surface area contributed by atoms with Gasteiger partial charge >= 0.3 is 0 Å². The van der Waals surface area contributed by atoms with Crippen molar-refractivity contribution in [3.05, 3.63) is 53.9 Å². The number of amides is 1. The van der Waals surface area contributed by atoms with E-state index in [1.165, 1.54) is 4.90 Å². The van der Waals surface area contributed by atoms with Crippen molar-refractivity contribution >= 4 is 11.6 Å². The number of carbonyl (C=O) groups excluding carboxylic acids is 1. The SMILES string of the molecule is CCOc1ccc(N2C(=O)c3cccnc3C2O)cc1. The highest BCUT2D eigenvalue weighted by atomic mass is 16.5. The number of aliphatic hydroxyl groups is 1. The third-order valence-electron chi connectivity index (χ3n) is 3.20. The Morgan fingerprint density at radius 1 is 1.30 bits per heavy atom. The van der Waals surface area contributed by atoms with Crippen LogP contribution in [0.15, 0.2) is 42.6 Å². The molecule has 1 unspecified atom stereocenters. The average Bonchev–Trinajstić information content (AvgIpc) is 2.73. The lowest BCUT2D eigenvalue weighted by atomic mass is 10.2. The summed E-state index contributed by atoms with van der Waals surface area (Å²) in [6.07, 6.45) is 0.522. The zero-order chi connectivity index (χ0) is 14.1. The first-order valence-corrected chi connectivity index (χ1v) is 6.41. The van der Waals surface area contributed by atoms with Gasteiger partial charge < -0.3 is 9.84 Å². The molecule has 1 aliphatic heterocycles. The molecule has 1 aliphatic rings. The van der Waals surface area contributed by atoms with Gasteiger partial charge in [-0.2, -0.15) is 0 Å². The monoisotopic (exact) mass is 270 g/mol. The molecule has 0 saturated carbocycles. The van der Waals surface area contributed by atoms with Gasteiger partial charge in [0.05, 0.1) is 12.2 Å². The molecule has 2 aromatic rings. The standard InChI is InChI=1S/C15H14N2O3/c1-2-20-11-7-5-10(6-8-11)17-14(18)12-4-3-9-16-13(12)15(17)19/h3-9,15,19H,2H2,1H3. The van der Waals surface area contributed by atoms with Gasteiger partial charge in [0.1, 0.15) is 11.4 Å². The van der Waals surface area contributed by atoms with Crippen molar-refractivity contribution in [1.29, 1.82) is 0 Å². The molecule has 0 aliphatic carbocycles. The Hall–Kier alpha value is -2.40. The Kier molecular flexibility index (Phi) is 3.12. The highest BCUT2D eigenvalue weighted by molar-refractivity contribution is 6.10. The second-order valence-corrected chi connectivity index (χ2v) is 4.41. The van der Waals surface area contributed by atoms with E-state index in [1.54, 1.807) is 42.6 Å². The summed E-state index contributed by atoms with van der Waals surface area (Å²) in [4.78, 5) is 17.7. The number of aliphatic hydroxyl groups excluding tert-OH is 1. The molecule has 1 aromatic carbocycles. The minimum Gasteiger partial charge on any atom is -0.494 e. The predicted octanol–water partition coefficient (Wildman–Crippen LogP) is 2.13. The van der Waals surface area contributed by atoms with E-state index in [0.29, 0.717) is 23.6 Å². The molecule has 0 radical (unpaired) electrons. The number of anilines is 1. The lowest BCUT2D eigenvalue weighted by molar-refractivity contribution is 0.0933. The van der Waals surface area contributed by atoms with Crippen molar-refractivity contribution in [2.75, 3.05) is 11.5 Å². The molecular weight excluding hydrogens is 256 g/mol. The van der Waals surface area contributed by atoms with Gasteiger partial charge in [0, 0.05) is 11.9 Å². The highest BCUT2D eigenvalue weighted by Crippen LogP contribution is 2.34. The maximum Gasteiger partial charge on any atom is 0.262 e. The summed E-state index contributed by atoms with van der Waals surface area (Å²) in [6, 6.07) is 10.4. The first-order chi connectivity index (χ1) is 9.72. The molecule has 2 heterocycles. The van der Waals surface area contributed by atoms with Crippen LogP contribution < -0.4 is 9.64 Å². The van der Waals surface area contributed by atoms with Gasteiger partial charge in [-0.25, -0.2) is 0 Å². The number of hydrogen-bond acceptors (Lipinski definition) is 4. The van der Waals surface area contributed by atoms with Crippen molar-refractivity contribution in [2.45, 2.75) is 13.2 Å². The maximum absolute atomic E-state index is 12.3. The Labute approximate surface area is 116 Å². The molecular formula is C15H14N2O3. The van der Waals surface area contributed by atoms with E-state index in [1.807, 2.05) is 6.92 Å². The molecule has 0 fully saturated rings. The van der Waals surface area contributed by atoms with Gasteiger partial charge in [-0.15, -0.1) is 0 Å². The van der Waals surface area contributed by atoms with Gasteiger partial charge in [-0.1, -0.05) is 0 Å². The van der Waals surface area contributed by atoms with E-state index in [2.05, 4.69) is 4.98 Å². The van der Waals surface area contributed by atoms with Gasteiger partial charge in [0.15, 0.2) is 6.23 Å². The molecule has 3 rings (SSSR count). The van der Waals surface area contributed by atoms with Crippen molar-refractivity contribution < 1.29 is 14.6 Å². The zero-order valence-electron chi connectivity index (χ0n) is 11.0. The van der Waals surface area contributed by atoms with Crippen LogP contribution in [0.25, 0.3) is 0 Å². The number of rotatable bonds is 3. The number of pyridine rings is 1. The molecule has 20 heavy (non-hydrogen) atoms. The van der Waals surface area contributed by atoms with Crippen molar-refractivity contribution in [3.63, 3.8) is 0 Å². The highest BCUT2D eigenvalue weighted by Gasteiger charge is 2.37. The number of benzene rings is 1. The summed E-state index contributed by atoms with van der Waals surface area (Å²) in [5, 5.41) is 10.2. The van der Waals surface area contributed by atoms with Crippen LogP contribution in [0.1, 0.15) is 29.2 Å². The molecule has 0 bridgehead atoms. The third-order valence-corrected chi connectivity index (χ3v) is 3.20. The number of nitrogens with zero attached hydrogens (tertiary/aromatic N) is 2. The minimum atomic E-state index is -1.04. The minimum absolute atomic E-state index is 0.246. The molecule has 1 N–H and O–H groups in total. The van der Waals surface area contributed by atoms with E-state index in [-0.39, 0.29) is 5.91 Å². The van der Waals surface area contributed by atoms with E-state index in [0.717, 1.165) is 5.75 Å². The number of ether oxygens (including phenoxy) is 1. The van der Waals surface area contributed by atoms with Crippen LogP contribution in [-0.2, 0) is 0 Å². The van der Waals surface area contributed by atoms with E-state index >= 15 is 0 Å². The van der Waals surface area contributed by atoms with Gasteiger partial charge in [-0.3, -0.25) is 14.7 Å². The second-order valence-electron chi connectivity index (χ2n) is 4.41. The van der Waals surface area contributed by atoms with E-state index in [9.17, 15) is 9.90 Å². The lowest BCUT2D eigenvalue weighted by Crippen LogP contribution is -2.27. The first-order valence-electron chi connectivity index (χ1n) is 6.41. The van der Waals surface area contributed by atoms with Crippen LogP contribution in [0.2, 0.25) is 0 Å². The summed E-state index contributed by atoms with van der Waals surface area (Å²) in [5.41, 5.74) is 1.45. The summed E-state index contributed by atoms with van der Waals surface area (Å²) in [5.74, 6) is 0.484. The molecule has 0 saturated heterocycles. The average molecular weight is 270 g/mol. The van der Waals surface area contributed by atoms with Crippen molar-refractivity contribution in [1.82, 2.24) is 4.98 Å². The van der Waals surface area contributed by atoms with Crippen LogP contribution in [0.5, 0.6) is 5.75 Å². The summed E-state index contributed by atoms with van der Waals surface area (Å²) >= 11 is 0. The maximum atomic E-state index is 12.3. The Balaban J connectivity index is 1.94. The van der Waals surface area contributed by atoms with Crippen LogP contribution in [0, 0.1) is 0 Å². The van der Waals surface area contributed by atoms with Gasteiger partial charge in [0.2, 0.25) is 0 Å². The Bertz CT molecular complexity index is 640. The zero-order valence-corrected chi connectivity index (χ0v) is 11.0. The van der Waals surface area contributed by atoms with Gasteiger partial charge in [-0.05, 0) is 43.3 Å². The molecule has 1 aromatic heterocycles. The fourth-order valence-corrected chi connectivity index (χ4v) is 2.30. The largest absolute Gasteiger partial charge is 0.494 e. The van der Waals surface area contributed by atoms with Crippen molar-refractivity contribution in [3.8, 4) is 5.75 Å². The topological polar surface area (TPSA) is 62.7 Å². The van der Waals surface area contributed by atoms with Gasteiger partial charge in [0.25, 0.3) is 5.91 Å². The molecule has 1 amide bonds. The van der Waals surface area contributed by atoms with E-state index in [4.69, 9.17) is 4.74 Å². The quantitative estimate of drug-likeness (QED) is 0.928. The van der Waals surface area contributed by atoms with Crippen LogP contribution in [0.3, 0.4) is 0 Å². The number of hydrogen-bond donors (Lipinski definition) is 1. The number of aromatic nitrogens is 1. The van der Waals surface area contributed by atoms with E-state index < -0.39 is 6.23 Å². The third kappa shape index (κ3) is 1.92. The Morgan fingerprint density at radius 2 is 2.05 bits per heavy atom. The fourth-order valence-electron chi connectivity index (χ4n) is 2.30. The lowest BCUT2D eigenvalue weighted by Gasteiger charge is -2.20. The molecule has 102 valence electrons. The summed E-state index contributed by atoms with van der Waals surface area (Å²) in [6.45, 7) is 2.49. The smallest absolute Gasteiger partial charge is 0.262 e. The normalized spacial score (nSPS) is 17.2. The van der Waals surface area contributed by atoms with Crippen LogP contribution >= 0.6 is 0 Å².